The quantitative estimate of drug-likeness (QED) is 0.926. The van der Waals surface area contributed by atoms with Crippen LogP contribution in [-0.4, -0.2) is 17.3 Å². The van der Waals surface area contributed by atoms with E-state index in [4.69, 9.17) is 16.9 Å². The topological polar surface area (TPSA) is 69.0 Å². The maximum Gasteiger partial charge on any atom is 0.231 e. The van der Waals surface area contributed by atoms with Crippen molar-refractivity contribution in [1.29, 1.82) is 5.26 Å². The number of anilines is 3. The Bertz CT molecular complexity index is 749. The molecule has 1 aliphatic heterocycles. The molecule has 1 aromatic carbocycles. The molecule has 0 unspecified atom stereocenters. The number of nitrogens with zero attached hydrogens (tertiary/aromatic N) is 3. The summed E-state index contributed by atoms with van der Waals surface area (Å²) in [5.74, 6) is 0.0794. The summed E-state index contributed by atoms with van der Waals surface area (Å²) >= 11 is 6.97. The van der Waals surface area contributed by atoms with Gasteiger partial charge in [-0.05, 0) is 35.3 Å². The molecule has 1 aliphatic rings. The first-order chi connectivity index (χ1) is 9.60. The van der Waals surface area contributed by atoms with Gasteiger partial charge in [0.15, 0.2) is 5.15 Å². The summed E-state index contributed by atoms with van der Waals surface area (Å²) in [5.41, 5.74) is 3.04. The number of benzene rings is 1. The Kier molecular flexibility index (Phi) is 3.08. The molecule has 5 nitrogen and oxygen atoms in total. The third kappa shape index (κ3) is 2.01. The molecule has 0 spiro atoms. The fourth-order valence-corrected chi connectivity index (χ4v) is 3.09. The molecule has 0 fully saturated rings. The molecule has 100 valence electrons. The van der Waals surface area contributed by atoms with Crippen molar-refractivity contribution in [2.75, 3.05) is 17.3 Å². The molecule has 0 bridgehead atoms. The molecule has 7 heteroatoms. The number of fused-ring (bicyclic) bond motifs is 1. The normalized spacial score (nSPS) is 13.2. The van der Waals surface area contributed by atoms with Crippen LogP contribution in [0.4, 0.5) is 16.4 Å². The van der Waals surface area contributed by atoms with Crippen LogP contribution in [0.25, 0.3) is 0 Å². The van der Waals surface area contributed by atoms with Gasteiger partial charge in [0.2, 0.25) is 5.91 Å². The fraction of sp³-hybridized carbons (Fsp3) is 0.154. The van der Waals surface area contributed by atoms with E-state index < -0.39 is 0 Å². The summed E-state index contributed by atoms with van der Waals surface area (Å²) < 4.78 is 3.94. The van der Waals surface area contributed by atoms with Crippen LogP contribution >= 0.6 is 23.1 Å². The summed E-state index contributed by atoms with van der Waals surface area (Å²) in [6, 6.07) is 7.68. The highest BCUT2D eigenvalue weighted by Crippen LogP contribution is 2.34. The lowest BCUT2D eigenvalue weighted by Crippen LogP contribution is -2.20. The average molecular weight is 305 g/mol. The number of hydrogen-bond acceptors (Lipinski definition) is 5. The highest BCUT2D eigenvalue weighted by molar-refractivity contribution is 7.11. The van der Waals surface area contributed by atoms with Gasteiger partial charge >= 0.3 is 0 Å². The van der Waals surface area contributed by atoms with Gasteiger partial charge in [0.1, 0.15) is 16.6 Å². The first kappa shape index (κ1) is 12.9. The van der Waals surface area contributed by atoms with Gasteiger partial charge in [0.25, 0.3) is 0 Å². The number of likely N-dealkylation sites (N-methyl/N-ethyl adjacent to an activating group) is 1. The number of hydrogen-bond donors (Lipinski definition) is 1. The fourth-order valence-electron chi connectivity index (χ4n) is 2.13. The minimum absolute atomic E-state index is 0.0794. The van der Waals surface area contributed by atoms with Gasteiger partial charge in [-0.25, -0.2) is 0 Å². The van der Waals surface area contributed by atoms with Crippen molar-refractivity contribution in [1.82, 2.24) is 4.37 Å². The summed E-state index contributed by atoms with van der Waals surface area (Å²) in [4.78, 5) is 13.3. The zero-order valence-electron chi connectivity index (χ0n) is 10.5. The van der Waals surface area contributed by atoms with E-state index in [9.17, 15) is 4.79 Å². The molecule has 0 saturated carbocycles. The maximum atomic E-state index is 11.6. The number of carbonyl (C=O) groups excluding carboxylic acids is 1. The predicted octanol–water partition coefficient (Wildman–Crippen LogP) is 2.93. The molecule has 2 aromatic rings. The Morgan fingerprint density at radius 2 is 2.35 bits per heavy atom. The number of nitrogens with one attached hydrogen (secondary N) is 1. The number of aromatic nitrogens is 1. The number of halogens is 1. The van der Waals surface area contributed by atoms with Crippen LogP contribution in [0.1, 0.15) is 11.1 Å². The van der Waals surface area contributed by atoms with E-state index in [0.29, 0.717) is 17.0 Å². The summed E-state index contributed by atoms with van der Waals surface area (Å²) in [5, 5.41) is 13.0. The summed E-state index contributed by atoms with van der Waals surface area (Å²) in [6.07, 6.45) is 0.399. The zero-order valence-corrected chi connectivity index (χ0v) is 12.0. The maximum absolute atomic E-state index is 11.6. The molecule has 0 atom stereocenters. The second kappa shape index (κ2) is 4.78. The highest BCUT2D eigenvalue weighted by atomic mass is 35.5. The number of rotatable bonds is 2. The number of nitriles is 1. The molecule has 1 amide bonds. The SMILES string of the molecule is CN1C(=O)Cc2cc(Nc3snc(Cl)c3C#N)ccc21. The van der Waals surface area contributed by atoms with E-state index in [-0.39, 0.29) is 11.1 Å². The highest BCUT2D eigenvalue weighted by Gasteiger charge is 2.24. The van der Waals surface area contributed by atoms with Crippen LogP contribution in [-0.2, 0) is 11.2 Å². The third-order valence-electron chi connectivity index (χ3n) is 3.18. The lowest BCUT2D eigenvalue weighted by atomic mass is 10.1. The van der Waals surface area contributed by atoms with Crippen molar-refractivity contribution in [2.24, 2.45) is 0 Å². The Morgan fingerprint density at radius 3 is 3.10 bits per heavy atom. The minimum atomic E-state index is 0.0794. The van der Waals surface area contributed by atoms with Crippen LogP contribution in [0.2, 0.25) is 5.15 Å². The van der Waals surface area contributed by atoms with Crippen LogP contribution in [0.15, 0.2) is 18.2 Å². The Morgan fingerprint density at radius 1 is 1.55 bits per heavy atom. The van der Waals surface area contributed by atoms with E-state index in [2.05, 4.69) is 9.69 Å². The lowest BCUT2D eigenvalue weighted by Gasteiger charge is -2.11. The van der Waals surface area contributed by atoms with Crippen molar-refractivity contribution in [3.63, 3.8) is 0 Å². The molecule has 0 saturated heterocycles. The van der Waals surface area contributed by atoms with Gasteiger partial charge in [-0.15, -0.1) is 0 Å². The smallest absolute Gasteiger partial charge is 0.231 e. The molecular weight excluding hydrogens is 296 g/mol. The van der Waals surface area contributed by atoms with Crippen molar-refractivity contribution >= 4 is 45.4 Å². The second-order valence-electron chi connectivity index (χ2n) is 4.39. The van der Waals surface area contributed by atoms with Crippen molar-refractivity contribution in [3.05, 3.63) is 34.5 Å². The molecule has 3 rings (SSSR count). The second-order valence-corrected chi connectivity index (χ2v) is 5.52. The zero-order chi connectivity index (χ0) is 14.3. The van der Waals surface area contributed by atoms with Crippen LogP contribution < -0.4 is 10.2 Å². The first-order valence-corrected chi connectivity index (χ1v) is 6.97. The molecule has 0 aliphatic carbocycles. The van der Waals surface area contributed by atoms with Gasteiger partial charge in [-0.2, -0.15) is 9.64 Å². The number of amides is 1. The lowest BCUT2D eigenvalue weighted by molar-refractivity contribution is -0.117. The summed E-state index contributed by atoms with van der Waals surface area (Å²) in [6.45, 7) is 0. The third-order valence-corrected chi connectivity index (χ3v) is 4.31. The van der Waals surface area contributed by atoms with Crippen LogP contribution in [0, 0.1) is 11.3 Å². The van der Waals surface area contributed by atoms with Gasteiger partial charge in [-0.3, -0.25) is 4.79 Å². The van der Waals surface area contributed by atoms with E-state index >= 15 is 0 Å². The molecule has 1 aromatic heterocycles. The summed E-state index contributed by atoms with van der Waals surface area (Å²) in [7, 11) is 1.76. The van der Waals surface area contributed by atoms with E-state index in [0.717, 1.165) is 28.5 Å². The Labute approximate surface area is 124 Å². The van der Waals surface area contributed by atoms with Crippen molar-refractivity contribution < 1.29 is 4.79 Å². The van der Waals surface area contributed by atoms with Gasteiger partial charge in [-0.1, -0.05) is 11.6 Å². The van der Waals surface area contributed by atoms with E-state index in [1.165, 1.54) is 0 Å². The molecule has 0 radical (unpaired) electrons. The van der Waals surface area contributed by atoms with E-state index in [1.807, 2.05) is 24.3 Å². The average Bonchev–Trinajstić information content (AvgIpc) is 2.91. The van der Waals surface area contributed by atoms with Gasteiger partial charge in [0.05, 0.1) is 6.42 Å². The Hall–Kier alpha value is -2.10. The standard InChI is InChI=1S/C13H9ClN4OS/c1-18-10-3-2-8(4-7(10)5-11(18)19)16-13-9(6-15)12(14)17-20-13/h2-4,16H,5H2,1H3. The van der Waals surface area contributed by atoms with Crippen molar-refractivity contribution in [2.45, 2.75) is 6.42 Å². The minimum Gasteiger partial charge on any atom is -0.345 e. The first-order valence-electron chi connectivity index (χ1n) is 5.82. The molecule has 20 heavy (non-hydrogen) atoms. The van der Waals surface area contributed by atoms with Crippen LogP contribution in [0.3, 0.4) is 0 Å². The monoisotopic (exact) mass is 304 g/mol. The predicted molar refractivity (Wildman–Crippen MR) is 78.7 cm³/mol. The molecule has 2 heterocycles. The van der Waals surface area contributed by atoms with Crippen LogP contribution in [0.5, 0.6) is 0 Å². The Balaban J connectivity index is 1.92. The van der Waals surface area contributed by atoms with Gasteiger partial charge < -0.3 is 10.2 Å². The van der Waals surface area contributed by atoms with E-state index in [1.54, 1.807) is 11.9 Å². The number of carbonyl (C=O) groups is 1. The molecular formula is C13H9ClN4OS. The van der Waals surface area contributed by atoms with Crippen molar-refractivity contribution in [3.8, 4) is 6.07 Å². The van der Waals surface area contributed by atoms with Gasteiger partial charge in [0, 0.05) is 18.4 Å². The molecule has 1 N–H and O–H groups in total. The largest absolute Gasteiger partial charge is 0.345 e.